The molecule has 1 saturated carbocycles. The molecule has 2 aliphatic carbocycles. The highest BCUT2D eigenvalue weighted by atomic mass is 19.4. The SMILES string of the molecule is O[C@H]1c2c(C(F)(F)F)nn(C3CCCCC3)c2CCC1(F)F. The van der Waals surface area contributed by atoms with Crippen LogP contribution in [0.25, 0.3) is 0 Å². The van der Waals surface area contributed by atoms with Crippen molar-refractivity contribution < 1.29 is 27.1 Å². The monoisotopic (exact) mass is 324 g/mol. The molecule has 1 aromatic heterocycles. The van der Waals surface area contributed by atoms with Gasteiger partial charge in [-0.1, -0.05) is 19.3 Å². The lowest BCUT2D eigenvalue weighted by Gasteiger charge is -2.30. The van der Waals surface area contributed by atoms with Crippen molar-refractivity contribution >= 4 is 0 Å². The van der Waals surface area contributed by atoms with Gasteiger partial charge in [-0.25, -0.2) is 8.78 Å². The van der Waals surface area contributed by atoms with Crippen molar-refractivity contribution in [3.8, 4) is 0 Å². The van der Waals surface area contributed by atoms with Crippen molar-refractivity contribution in [2.75, 3.05) is 0 Å². The van der Waals surface area contributed by atoms with Crippen LogP contribution in [0, 0.1) is 0 Å². The Morgan fingerprint density at radius 2 is 1.77 bits per heavy atom. The molecule has 1 N–H and O–H groups in total. The lowest BCUT2D eigenvalue weighted by atomic mass is 9.88. The van der Waals surface area contributed by atoms with E-state index in [0.29, 0.717) is 12.8 Å². The first kappa shape index (κ1) is 15.7. The molecule has 0 unspecified atom stereocenters. The summed E-state index contributed by atoms with van der Waals surface area (Å²) < 4.78 is 68.0. The molecule has 22 heavy (non-hydrogen) atoms. The van der Waals surface area contributed by atoms with Crippen LogP contribution in [0.15, 0.2) is 0 Å². The predicted octanol–water partition coefficient (Wildman–Crippen LogP) is 4.02. The van der Waals surface area contributed by atoms with Gasteiger partial charge in [0.2, 0.25) is 0 Å². The van der Waals surface area contributed by atoms with Gasteiger partial charge in [0.25, 0.3) is 5.92 Å². The molecule has 0 aromatic carbocycles. The first-order valence-electron chi connectivity index (χ1n) is 7.46. The van der Waals surface area contributed by atoms with E-state index in [2.05, 4.69) is 5.10 Å². The van der Waals surface area contributed by atoms with Crippen molar-refractivity contribution in [2.45, 2.75) is 69.2 Å². The lowest BCUT2D eigenvalue weighted by molar-refractivity contribution is -0.150. The van der Waals surface area contributed by atoms with Crippen molar-refractivity contribution in [2.24, 2.45) is 0 Å². The summed E-state index contributed by atoms with van der Waals surface area (Å²) in [5, 5.41) is 13.3. The summed E-state index contributed by atoms with van der Waals surface area (Å²) in [6.07, 6.45) is -3.96. The van der Waals surface area contributed by atoms with Crippen molar-refractivity contribution in [3.05, 3.63) is 17.0 Å². The number of aromatic nitrogens is 2. The number of fused-ring (bicyclic) bond motifs is 1. The summed E-state index contributed by atoms with van der Waals surface area (Å²) in [5.41, 5.74) is -1.97. The maximum Gasteiger partial charge on any atom is 0.435 e. The number of aliphatic hydroxyl groups is 1. The molecule has 1 atom stereocenters. The number of hydrogen-bond acceptors (Lipinski definition) is 2. The summed E-state index contributed by atoms with van der Waals surface area (Å²) in [6, 6.07) is -0.197. The quantitative estimate of drug-likeness (QED) is 0.792. The smallest absolute Gasteiger partial charge is 0.382 e. The van der Waals surface area contributed by atoms with E-state index in [1.165, 1.54) is 4.68 Å². The predicted molar refractivity (Wildman–Crippen MR) is 67.6 cm³/mol. The Balaban J connectivity index is 2.10. The molecule has 1 fully saturated rings. The van der Waals surface area contributed by atoms with Crippen LogP contribution < -0.4 is 0 Å². The van der Waals surface area contributed by atoms with Gasteiger partial charge in [-0.2, -0.15) is 18.3 Å². The minimum atomic E-state index is -4.85. The van der Waals surface area contributed by atoms with Crippen molar-refractivity contribution in [1.29, 1.82) is 0 Å². The molecule has 0 amide bonds. The number of halogens is 5. The molecular weight excluding hydrogens is 307 g/mol. The van der Waals surface area contributed by atoms with Crippen molar-refractivity contribution in [3.63, 3.8) is 0 Å². The summed E-state index contributed by atoms with van der Waals surface area (Å²) in [7, 11) is 0. The van der Waals surface area contributed by atoms with E-state index in [9.17, 15) is 27.1 Å². The normalized spacial score (nSPS) is 26.0. The number of hydrogen-bond donors (Lipinski definition) is 1. The highest BCUT2D eigenvalue weighted by Gasteiger charge is 2.51. The third-order valence-electron chi connectivity index (χ3n) is 4.61. The van der Waals surface area contributed by atoms with E-state index in [0.717, 1.165) is 19.3 Å². The maximum atomic E-state index is 13.6. The molecule has 0 spiro atoms. The van der Waals surface area contributed by atoms with Gasteiger partial charge in [0.15, 0.2) is 5.69 Å². The standard InChI is InChI=1S/C14H17F5N2O/c15-13(16)7-6-9-10(12(13)22)11(14(17,18)19)20-21(9)8-4-2-1-3-5-8/h8,12,22H,1-7H2/t12-/m0/s1. The van der Waals surface area contributed by atoms with Gasteiger partial charge in [-0.3, -0.25) is 4.68 Å². The van der Waals surface area contributed by atoms with Gasteiger partial charge in [0.1, 0.15) is 6.10 Å². The van der Waals surface area contributed by atoms with Crippen LogP contribution in [0.1, 0.15) is 67.6 Å². The number of alkyl halides is 5. The summed E-state index contributed by atoms with van der Waals surface area (Å²) in [5.74, 6) is -3.55. The average molecular weight is 324 g/mol. The molecule has 0 bridgehead atoms. The second kappa shape index (κ2) is 5.18. The van der Waals surface area contributed by atoms with Gasteiger partial charge in [-0.15, -0.1) is 0 Å². The van der Waals surface area contributed by atoms with Crippen molar-refractivity contribution in [1.82, 2.24) is 9.78 Å². The number of rotatable bonds is 1. The zero-order valence-corrected chi connectivity index (χ0v) is 11.8. The molecule has 124 valence electrons. The van der Waals surface area contributed by atoms with Crippen LogP contribution >= 0.6 is 0 Å². The molecule has 3 rings (SSSR count). The van der Waals surface area contributed by atoms with E-state index in [-0.39, 0.29) is 18.2 Å². The Morgan fingerprint density at radius 1 is 1.14 bits per heavy atom. The Morgan fingerprint density at radius 3 is 2.36 bits per heavy atom. The molecule has 0 radical (unpaired) electrons. The van der Waals surface area contributed by atoms with Gasteiger partial charge < -0.3 is 5.11 Å². The van der Waals surface area contributed by atoms with Gasteiger partial charge in [-0.05, 0) is 19.3 Å². The second-order valence-electron chi connectivity index (χ2n) is 6.11. The molecule has 1 aromatic rings. The lowest BCUT2D eigenvalue weighted by Crippen LogP contribution is -2.33. The van der Waals surface area contributed by atoms with E-state index in [4.69, 9.17) is 0 Å². The van der Waals surface area contributed by atoms with Gasteiger partial charge in [0.05, 0.1) is 6.04 Å². The fraction of sp³-hybridized carbons (Fsp3) is 0.786. The molecular formula is C14H17F5N2O. The Hall–Kier alpha value is -1.18. The fourth-order valence-corrected chi connectivity index (χ4v) is 3.49. The van der Waals surface area contributed by atoms with Crippen LogP contribution in [0.3, 0.4) is 0 Å². The molecule has 2 aliphatic rings. The summed E-state index contributed by atoms with van der Waals surface area (Å²) in [6.45, 7) is 0. The molecule has 1 heterocycles. The Bertz CT molecular complexity index is 560. The minimum Gasteiger partial charge on any atom is -0.382 e. The van der Waals surface area contributed by atoms with Crippen LogP contribution in [0.4, 0.5) is 22.0 Å². The van der Waals surface area contributed by atoms with E-state index in [1.807, 2.05) is 0 Å². The zero-order chi connectivity index (χ0) is 16.1. The van der Waals surface area contributed by atoms with Gasteiger partial charge >= 0.3 is 6.18 Å². The molecule has 8 heteroatoms. The first-order valence-corrected chi connectivity index (χ1v) is 7.46. The van der Waals surface area contributed by atoms with Crippen LogP contribution in [-0.2, 0) is 12.6 Å². The zero-order valence-electron chi connectivity index (χ0n) is 11.8. The largest absolute Gasteiger partial charge is 0.435 e. The average Bonchev–Trinajstić information content (AvgIpc) is 2.84. The van der Waals surface area contributed by atoms with Crippen LogP contribution in [0.2, 0.25) is 0 Å². The van der Waals surface area contributed by atoms with E-state index >= 15 is 0 Å². The second-order valence-corrected chi connectivity index (χ2v) is 6.11. The van der Waals surface area contributed by atoms with Crippen LogP contribution in [-0.4, -0.2) is 20.8 Å². The van der Waals surface area contributed by atoms with E-state index in [1.54, 1.807) is 0 Å². The van der Waals surface area contributed by atoms with E-state index < -0.39 is 35.9 Å². The Kier molecular flexibility index (Phi) is 3.70. The number of nitrogens with zero attached hydrogens (tertiary/aromatic N) is 2. The fourth-order valence-electron chi connectivity index (χ4n) is 3.49. The summed E-state index contributed by atoms with van der Waals surface area (Å²) in [4.78, 5) is 0. The summed E-state index contributed by atoms with van der Waals surface area (Å²) >= 11 is 0. The Labute approximate surface area is 124 Å². The molecule has 0 saturated heterocycles. The van der Waals surface area contributed by atoms with Gasteiger partial charge in [0, 0.05) is 17.7 Å². The number of aliphatic hydroxyl groups excluding tert-OH is 1. The first-order chi connectivity index (χ1) is 10.2. The minimum absolute atomic E-state index is 0.123. The third-order valence-corrected chi connectivity index (χ3v) is 4.61. The highest BCUT2D eigenvalue weighted by molar-refractivity contribution is 5.35. The maximum absolute atomic E-state index is 13.6. The molecule has 3 nitrogen and oxygen atoms in total. The third kappa shape index (κ3) is 2.51. The topological polar surface area (TPSA) is 38.1 Å². The highest BCUT2D eigenvalue weighted by Crippen LogP contribution is 2.47. The van der Waals surface area contributed by atoms with Crippen LogP contribution in [0.5, 0.6) is 0 Å². The molecule has 0 aliphatic heterocycles.